The van der Waals surface area contributed by atoms with Crippen LogP contribution in [0.2, 0.25) is 0 Å². The minimum Gasteiger partial charge on any atom is -0.369 e. The van der Waals surface area contributed by atoms with E-state index in [9.17, 15) is 9.18 Å². The monoisotopic (exact) mass is 374 g/mol. The van der Waals surface area contributed by atoms with E-state index in [1.165, 1.54) is 6.07 Å². The lowest BCUT2D eigenvalue weighted by Gasteiger charge is -2.36. The molecule has 0 bridgehead atoms. The zero-order chi connectivity index (χ0) is 19.4. The molecule has 1 aromatic carbocycles. The maximum Gasteiger partial charge on any atom is 0.220 e. The van der Waals surface area contributed by atoms with Crippen molar-refractivity contribution in [3.63, 3.8) is 0 Å². The summed E-state index contributed by atoms with van der Waals surface area (Å²) in [4.78, 5) is 13.6. The molecule has 1 aliphatic heterocycles. The van der Waals surface area contributed by atoms with E-state index in [2.05, 4.69) is 34.3 Å². The van der Waals surface area contributed by atoms with E-state index < -0.39 is 0 Å². The third-order valence-electron chi connectivity index (χ3n) is 5.22. The fourth-order valence-electron chi connectivity index (χ4n) is 3.59. The second-order valence-corrected chi connectivity index (χ2v) is 7.58. The standard InChI is InChI=1S/C19H27FN6O/c1-13(2)7-12-26-19(22-23-24-26)17(15-5-3-4-6-16(15)20)25-10-8-14(9-11-25)18(21)27/h3-6,13-14,17H,7-12H2,1-2H3,(H2,21,27)/t17-/m1/s1. The van der Waals surface area contributed by atoms with Crippen LogP contribution in [-0.4, -0.2) is 44.1 Å². The van der Waals surface area contributed by atoms with Gasteiger partial charge in [-0.25, -0.2) is 9.07 Å². The minimum absolute atomic E-state index is 0.126. The molecule has 27 heavy (non-hydrogen) atoms. The summed E-state index contributed by atoms with van der Waals surface area (Å²) < 4.78 is 16.4. The average Bonchev–Trinajstić information content (AvgIpc) is 3.10. The first-order valence-corrected chi connectivity index (χ1v) is 9.51. The maximum atomic E-state index is 14.7. The quantitative estimate of drug-likeness (QED) is 0.802. The number of nitrogens with two attached hydrogens (primary N) is 1. The lowest BCUT2D eigenvalue weighted by atomic mass is 9.93. The molecule has 7 nitrogen and oxygen atoms in total. The van der Waals surface area contributed by atoms with Gasteiger partial charge in [-0.1, -0.05) is 32.0 Å². The van der Waals surface area contributed by atoms with Gasteiger partial charge in [-0.15, -0.1) is 5.10 Å². The van der Waals surface area contributed by atoms with Gasteiger partial charge in [0, 0.05) is 18.0 Å². The second-order valence-electron chi connectivity index (χ2n) is 7.58. The van der Waals surface area contributed by atoms with Crippen LogP contribution >= 0.6 is 0 Å². The molecule has 0 unspecified atom stereocenters. The molecule has 2 N–H and O–H groups in total. The molecule has 3 rings (SSSR count). The molecule has 0 saturated carbocycles. The molecule has 8 heteroatoms. The third-order valence-corrected chi connectivity index (χ3v) is 5.22. The molecular weight excluding hydrogens is 347 g/mol. The molecular formula is C19H27FN6O. The molecule has 146 valence electrons. The number of primary amides is 1. The van der Waals surface area contributed by atoms with Gasteiger partial charge in [-0.3, -0.25) is 9.69 Å². The Morgan fingerprint density at radius 1 is 1.30 bits per heavy atom. The fourth-order valence-corrected chi connectivity index (χ4v) is 3.59. The first-order valence-electron chi connectivity index (χ1n) is 9.51. The first-order chi connectivity index (χ1) is 13.0. The predicted molar refractivity (Wildman–Crippen MR) is 99.0 cm³/mol. The molecule has 2 aromatic rings. The molecule has 0 radical (unpaired) electrons. The topological polar surface area (TPSA) is 89.9 Å². The predicted octanol–water partition coefficient (Wildman–Crippen LogP) is 2.14. The van der Waals surface area contributed by atoms with Crippen LogP contribution in [0.15, 0.2) is 24.3 Å². The van der Waals surface area contributed by atoms with E-state index in [4.69, 9.17) is 5.73 Å². The largest absolute Gasteiger partial charge is 0.369 e. The van der Waals surface area contributed by atoms with Crippen molar-refractivity contribution in [3.05, 3.63) is 41.5 Å². The van der Waals surface area contributed by atoms with E-state index in [1.54, 1.807) is 16.8 Å². The highest BCUT2D eigenvalue weighted by atomic mass is 19.1. The van der Waals surface area contributed by atoms with Crippen molar-refractivity contribution in [2.24, 2.45) is 17.6 Å². The van der Waals surface area contributed by atoms with Crippen LogP contribution in [0.4, 0.5) is 4.39 Å². The van der Waals surface area contributed by atoms with E-state index >= 15 is 0 Å². The van der Waals surface area contributed by atoms with Crippen molar-refractivity contribution < 1.29 is 9.18 Å². The smallest absolute Gasteiger partial charge is 0.220 e. The SMILES string of the molecule is CC(C)CCn1nnnc1[C@@H](c1ccccc1F)N1CCC(C(N)=O)CC1. The van der Waals surface area contributed by atoms with Gasteiger partial charge >= 0.3 is 0 Å². The highest BCUT2D eigenvalue weighted by Gasteiger charge is 2.33. The van der Waals surface area contributed by atoms with Crippen LogP contribution in [0, 0.1) is 17.7 Å². The Kier molecular flexibility index (Phi) is 6.15. The Labute approximate surface area is 158 Å². The van der Waals surface area contributed by atoms with Gasteiger partial charge in [0.15, 0.2) is 5.82 Å². The fraction of sp³-hybridized carbons (Fsp3) is 0.579. The molecule has 1 aromatic heterocycles. The summed E-state index contributed by atoms with van der Waals surface area (Å²) in [5, 5.41) is 12.2. The Bertz CT molecular complexity index is 769. The summed E-state index contributed by atoms with van der Waals surface area (Å²) in [7, 11) is 0. The normalized spacial score (nSPS) is 17.3. The summed E-state index contributed by atoms with van der Waals surface area (Å²) in [6.45, 7) is 6.26. The summed E-state index contributed by atoms with van der Waals surface area (Å²) in [5.41, 5.74) is 6.01. The number of carbonyl (C=O) groups excluding carboxylic acids is 1. The van der Waals surface area contributed by atoms with E-state index in [0.29, 0.717) is 49.8 Å². The number of carbonyl (C=O) groups is 1. The number of nitrogens with zero attached hydrogens (tertiary/aromatic N) is 5. The molecule has 1 fully saturated rings. The number of hydrogen-bond donors (Lipinski definition) is 1. The lowest BCUT2D eigenvalue weighted by molar-refractivity contribution is -0.123. The van der Waals surface area contributed by atoms with Gasteiger partial charge < -0.3 is 5.73 Å². The Morgan fingerprint density at radius 2 is 2.00 bits per heavy atom. The molecule has 2 heterocycles. The van der Waals surface area contributed by atoms with Crippen molar-refractivity contribution in [1.29, 1.82) is 0 Å². The molecule has 1 saturated heterocycles. The molecule has 1 aliphatic rings. The maximum absolute atomic E-state index is 14.7. The van der Waals surface area contributed by atoms with Crippen molar-refractivity contribution >= 4 is 5.91 Å². The molecule has 1 amide bonds. The Morgan fingerprint density at radius 3 is 2.63 bits per heavy atom. The van der Waals surface area contributed by atoms with Gasteiger partial charge in [0.25, 0.3) is 0 Å². The van der Waals surface area contributed by atoms with Gasteiger partial charge in [0.2, 0.25) is 5.91 Å². The van der Waals surface area contributed by atoms with Crippen molar-refractivity contribution in [3.8, 4) is 0 Å². The number of rotatable bonds is 7. The Balaban J connectivity index is 1.92. The van der Waals surface area contributed by atoms with Gasteiger partial charge in [-0.2, -0.15) is 0 Å². The van der Waals surface area contributed by atoms with E-state index in [-0.39, 0.29) is 23.7 Å². The summed E-state index contributed by atoms with van der Waals surface area (Å²) in [6.07, 6.45) is 2.26. The number of piperidine rings is 1. The number of amides is 1. The van der Waals surface area contributed by atoms with Crippen molar-refractivity contribution in [2.45, 2.75) is 45.7 Å². The van der Waals surface area contributed by atoms with Crippen LogP contribution in [-0.2, 0) is 11.3 Å². The van der Waals surface area contributed by atoms with Crippen LogP contribution in [0.3, 0.4) is 0 Å². The van der Waals surface area contributed by atoms with Gasteiger partial charge in [0.1, 0.15) is 11.9 Å². The highest BCUT2D eigenvalue weighted by molar-refractivity contribution is 5.76. The number of tetrazole rings is 1. The van der Waals surface area contributed by atoms with E-state index in [1.807, 2.05) is 6.07 Å². The highest BCUT2D eigenvalue weighted by Crippen LogP contribution is 2.32. The van der Waals surface area contributed by atoms with Crippen LogP contribution in [0.1, 0.15) is 50.5 Å². The van der Waals surface area contributed by atoms with Crippen molar-refractivity contribution in [2.75, 3.05) is 13.1 Å². The average molecular weight is 374 g/mol. The number of hydrogen-bond acceptors (Lipinski definition) is 5. The zero-order valence-electron chi connectivity index (χ0n) is 15.9. The number of benzene rings is 1. The number of halogens is 1. The second kappa shape index (κ2) is 8.56. The molecule has 0 aliphatic carbocycles. The van der Waals surface area contributed by atoms with Gasteiger partial charge in [0.05, 0.1) is 0 Å². The molecule has 1 atom stereocenters. The number of likely N-dealkylation sites (tertiary alicyclic amines) is 1. The van der Waals surface area contributed by atoms with Crippen LogP contribution < -0.4 is 5.73 Å². The summed E-state index contributed by atoms with van der Waals surface area (Å²) in [6, 6.07) is 6.35. The van der Waals surface area contributed by atoms with Gasteiger partial charge in [-0.05, 0) is 54.8 Å². The Hall–Kier alpha value is -2.35. The van der Waals surface area contributed by atoms with Crippen molar-refractivity contribution in [1.82, 2.24) is 25.1 Å². The van der Waals surface area contributed by atoms with E-state index in [0.717, 1.165) is 6.42 Å². The minimum atomic E-state index is -0.387. The summed E-state index contributed by atoms with van der Waals surface area (Å²) >= 11 is 0. The van der Waals surface area contributed by atoms with Crippen LogP contribution in [0.25, 0.3) is 0 Å². The van der Waals surface area contributed by atoms with Crippen LogP contribution in [0.5, 0.6) is 0 Å². The third kappa shape index (κ3) is 4.50. The number of aryl methyl sites for hydroxylation is 1. The first kappa shape index (κ1) is 19.4. The summed E-state index contributed by atoms with van der Waals surface area (Å²) in [5.74, 6) is 0.481. The zero-order valence-corrected chi connectivity index (χ0v) is 15.9. The molecule has 0 spiro atoms. The number of aromatic nitrogens is 4. The lowest BCUT2D eigenvalue weighted by Crippen LogP contribution is -2.41.